The minimum Gasteiger partial charge on any atom is -0.454 e. The van der Waals surface area contributed by atoms with E-state index < -0.39 is 5.97 Å². The fourth-order valence-electron chi connectivity index (χ4n) is 2.63. The molecule has 4 nitrogen and oxygen atoms in total. The molecule has 0 spiro atoms. The molecule has 1 aliphatic carbocycles. The second-order valence-electron chi connectivity index (χ2n) is 5.41. The molecule has 0 aromatic heterocycles. The molecule has 4 heteroatoms. The molecule has 1 heterocycles. The lowest BCUT2D eigenvalue weighted by Crippen LogP contribution is -2.21. The van der Waals surface area contributed by atoms with Crippen LogP contribution in [0.1, 0.15) is 39.5 Å². The molecule has 2 atom stereocenters. The average Bonchev–Trinajstić information content (AvgIpc) is 2.67. The summed E-state index contributed by atoms with van der Waals surface area (Å²) in [5, 5.41) is 9.31. The van der Waals surface area contributed by atoms with Crippen molar-refractivity contribution < 1.29 is 19.4 Å². The Labute approximate surface area is 113 Å². The Hall–Kier alpha value is -1.42. The van der Waals surface area contributed by atoms with E-state index in [1.165, 1.54) is 0 Å². The summed E-state index contributed by atoms with van der Waals surface area (Å²) in [6.45, 7) is 3.58. The summed E-state index contributed by atoms with van der Waals surface area (Å²) >= 11 is 0. The van der Waals surface area contributed by atoms with Gasteiger partial charge in [0, 0.05) is 12.3 Å². The molecule has 1 N–H and O–H groups in total. The molecule has 2 aliphatic rings. The predicted octanol–water partition coefficient (Wildman–Crippen LogP) is 1.93. The van der Waals surface area contributed by atoms with Crippen LogP contribution in [0.3, 0.4) is 0 Å². The number of Topliss-reactive ketones (excluding diaryl/α,β-unsaturated/α-hetero) is 1. The first-order valence-electron chi connectivity index (χ1n) is 6.75. The maximum atomic E-state index is 11.9. The van der Waals surface area contributed by atoms with Gasteiger partial charge in [0.1, 0.15) is 11.9 Å². The van der Waals surface area contributed by atoms with E-state index in [2.05, 4.69) is 0 Å². The molecule has 0 amide bonds. The molecular weight excluding hydrogens is 244 g/mol. The van der Waals surface area contributed by atoms with Gasteiger partial charge in [0.25, 0.3) is 0 Å². The highest BCUT2D eigenvalue weighted by Gasteiger charge is 2.35. The average molecular weight is 264 g/mol. The van der Waals surface area contributed by atoms with E-state index in [1.807, 2.05) is 19.9 Å². The van der Waals surface area contributed by atoms with Crippen molar-refractivity contribution in [1.82, 2.24) is 0 Å². The van der Waals surface area contributed by atoms with E-state index in [9.17, 15) is 14.7 Å². The van der Waals surface area contributed by atoms with Crippen LogP contribution >= 0.6 is 0 Å². The number of esters is 1. The molecule has 0 radical (unpaired) electrons. The van der Waals surface area contributed by atoms with Crippen molar-refractivity contribution in [3.05, 3.63) is 22.8 Å². The Bertz CT molecular complexity index is 459. The molecular formula is C15H20O4. The van der Waals surface area contributed by atoms with Gasteiger partial charge >= 0.3 is 5.97 Å². The molecule has 2 rings (SSSR count). The van der Waals surface area contributed by atoms with Crippen LogP contribution in [0.4, 0.5) is 0 Å². The summed E-state index contributed by atoms with van der Waals surface area (Å²) in [6.07, 6.45) is 4.13. The Balaban J connectivity index is 2.31. The molecule has 0 unspecified atom stereocenters. The number of hydrogen-bond acceptors (Lipinski definition) is 4. The molecule has 104 valence electrons. The fourth-order valence-corrected chi connectivity index (χ4v) is 2.63. The van der Waals surface area contributed by atoms with E-state index >= 15 is 0 Å². The third-order valence-corrected chi connectivity index (χ3v) is 3.99. The van der Waals surface area contributed by atoms with Gasteiger partial charge in [0.15, 0.2) is 0 Å². The van der Waals surface area contributed by atoms with Gasteiger partial charge in [-0.2, -0.15) is 0 Å². The number of allylic oxidation sites excluding steroid dienone is 2. The number of fused-ring (bicyclic) bond motifs is 1. The zero-order chi connectivity index (χ0) is 14.0. The Morgan fingerprint density at radius 3 is 2.79 bits per heavy atom. The minimum absolute atomic E-state index is 0.131. The lowest BCUT2D eigenvalue weighted by Gasteiger charge is -2.19. The number of ketones is 1. The summed E-state index contributed by atoms with van der Waals surface area (Å²) in [6, 6.07) is 0. The Kier molecular flexibility index (Phi) is 4.20. The first-order chi connectivity index (χ1) is 9.02. The van der Waals surface area contributed by atoms with Crippen molar-refractivity contribution in [3.8, 4) is 0 Å². The summed E-state index contributed by atoms with van der Waals surface area (Å²) in [5.74, 6) is -0.384. The van der Waals surface area contributed by atoms with Crippen molar-refractivity contribution in [1.29, 1.82) is 0 Å². The van der Waals surface area contributed by atoms with Crippen LogP contribution in [-0.4, -0.2) is 29.6 Å². The lowest BCUT2D eigenvalue weighted by atomic mass is 9.88. The van der Waals surface area contributed by atoms with Gasteiger partial charge in [-0.1, -0.05) is 18.6 Å². The molecule has 0 aromatic rings. The summed E-state index contributed by atoms with van der Waals surface area (Å²) < 4.78 is 5.31. The largest absolute Gasteiger partial charge is 0.454 e. The van der Waals surface area contributed by atoms with Gasteiger partial charge in [0.05, 0.1) is 12.2 Å². The molecule has 0 fully saturated rings. The number of hydrogen-bond donors (Lipinski definition) is 1. The topological polar surface area (TPSA) is 63.6 Å². The van der Waals surface area contributed by atoms with Crippen LogP contribution in [0, 0.1) is 5.92 Å². The summed E-state index contributed by atoms with van der Waals surface area (Å²) in [7, 11) is 0. The van der Waals surface area contributed by atoms with Gasteiger partial charge in [0.2, 0.25) is 0 Å². The van der Waals surface area contributed by atoms with Crippen molar-refractivity contribution in [2.75, 3.05) is 6.61 Å². The number of rotatable bonds is 1. The second kappa shape index (κ2) is 5.70. The van der Waals surface area contributed by atoms with Crippen LogP contribution in [0.15, 0.2) is 22.8 Å². The SMILES string of the molecule is C/C1=C/CC(=O)[C@@H](C)C[C@H]2OC(=O)C(CO)=C2CC1. The number of aliphatic hydroxyl groups is 1. The van der Waals surface area contributed by atoms with Crippen LogP contribution in [0.2, 0.25) is 0 Å². The van der Waals surface area contributed by atoms with Crippen molar-refractivity contribution in [2.24, 2.45) is 5.92 Å². The third kappa shape index (κ3) is 2.95. The van der Waals surface area contributed by atoms with Crippen molar-refractivity contribution in [3.63, 3.8) is 0 Å². The van der Waals surface area contributed by atoms with Crippen LogP contribution in [0.25, 0.3) is 0 Å². The maximum absolute atomic E-state index is 11.9. The Morgan fingerprint density at radius 1 is 1.37 bits per heavy atom. The van der Waals surface area contributed by atoms with Crippen molar-refractivity contribution >= 4 is 11.8 Å². The normalized spacial score (nSPS) is 31.6. The van der Waals surface area contributed by atoms with E-state index in [0.29, 0.717) is 18.4 Å². The second-order valence-corrected chi connectivity index (χ2v) is 5.41. The van der Waals surface area contributed by atoms with Crippen LogP contribution < -0.4 is 0 Å². The van der Waals surface area contributed by atoms with E-state index in [0.717, 1.165) is 24.0 Å². The molecule has 0 bridgehead atoms. The zero-order valence-electron chi connectivity index (χ0n) is 11.4. The monoisotopic (exact) mass is 264 g/mol. The number of aliphatic hydroxyl groups excluding tert-OH is 1. The number of carbonyl (C=O) groups is 2. The first kappa shape index (κ1) is 14.0. The van der Waals surface area contributed by atoms with Gasteiger partial charge in [-0.05, 0) is 31.8 Å². The summed E-state index contributed by atoms with van der Waals surface area (Å²) in [4.78, 5) is 23.6. The highest BCUT2D eigenvalue weighted by atomic mass is 16.5. The Morgan fingerprint density at radius 2 is 2.11 bits per heavy atom. The van der Waals surface area contributed by atoms with Gasteiger partial charge < -0.3 is 9.84 Å². The van der Waals surface area contributed by atoms with E-state index in [1.54, 1.807) is 0 Å². The fraction of sp³-hybridized carbons (Fsp3) is 0.600. The first-order valence-corrected chi connectivity index (χ1v) is 6.75. The number of ether oxygens (including phenoxy) is 1. The number of carbonyl (C=O) groups excluding carboxylic acids is 2. The summed E-state index contributed by atoms with van der Waals surface area (Å²) in [5.41, 5.74) is 2.41. The van der Waals surface area contributed by atoms with Gasteiger partial charge in [-0.15, -0.1) is 0 Å². The van der Waals surface area contributed by atoms with Gasteiger partial charge in [-0.3, -0.25) is 4.79 Å². The van der Waals surface area contributed by atoms with Crippen LogP contribution in [0.5, 0.6) is 0 Å². The highest BCUT2D eigenvalue weighted by molar-refractivity contribution is 5.92. The third-order valence-electron chi connectivity index (χ3n) is 3.99. The molecule has 0 saturated heterocycles. The highest BCUT2D eigenvalue weighted by Crippen LogP contribution is 2.32. The molecule has 1 aliphatic heterocycles. The molecule has 0 aromatic carbocycles. The van der Waals surface area contributed by atoms with E-state index in [4.69, 9.17) is 4.74 Å². The zero-order valence-corrected chi connectivity index (χ0v) is 11.4. The molecule has 0 saturated carbocycles. The van der Waals surface area contributed by atoms with Gasteiger partial charge in [-0.25, -0.2) is 4.79 Å². The predicted molar refractivity (Wildman–Crippen MR) is 70.4 cm³/mol. The lowest BCUT2D eigenvalue weighted by molar-refractivity contribution is -0.141. The minimum atomic E-state index is -0.428. The van der Waals surface area contributed by atoms with E-state index in [-0.39, 0.29) is 24.4 Å². The maximum Gasteiger partial charge on any atom is 0.337 e. The smallest absolute Gasteiger partial charge is 0.337 e. The molecule has 19 heavy (non-hydrogen) atoms. The van der Waals surface area contributed by atoms with Crippen LogP contribution in [-0.2, 0) is 14.3 Å². The standard InChI is InChI=1S/C15H20O4/c1-9-3-5-11-12(8-16)15(18)19-14(11)7-10(2)13(17)6-4-9/h4,10,14,16H,3,5-8H2,1-2H3/b9-4-/t10-,14+/m0/s1. The quantitative estimate of drug-likeness (QED) is 0.580. The van der Waals surface area contributed by atoms with Crippen molar-refractivity contribution in [2.45, 2.75) is 45.6 Å².